The predicted octanol–water partition coefficient (Wildman–Crippen LogP) is 9.81. The summed E-state index contributed by atoms with van der Waals surface area (Å²) in [4.78, 5) is -0.415. The van der Waals surface area contributed by atoms with Crippen LogP contribution in [-0.2, 0) is 0 Å². The van der Waals surface area contributed by atoms with Gasteiger partial charge in [0.05, 0.1) is 6.07 Å². The van der Waals surface area contributed by atoms with E-state index in [1.807, 2.05) is 0 Å². The lowest BCUT2D eigenvalue weighted by Crippen LogP contribution is -2.55. The number of nitrogens with zero attached hydrogens (tertiary/aromatic N) is 1. The maximum Gasteiger partial charge on any atom is 0.114 e. The van der Waals surface area contributed by atoms with Gasteiger partial charge in [0.2, 0.25) is 0 Å². The molecule has 0 saturated heterocycles. The number of alkyl halides is 2. The summed E-state index contributed by atoms with van der Waals surface area (Å²) in [5, 5.41) is 9.49. The second kappa shape index (κ2) is 9.85. The minimum absolute atomic E-state index is 0.179. The fourth-order valence-corrected chi connectivity index (χ4v) is 10.5. The van der Waals surface area contributed by atoms with E-state index in [9.17, 15) is 5.26 Å². The second-order valence-electron chi connectivity index (χ2n) is 13.9. The van der Waals surface area contributed by atoms with Crippen molar-refractivity contribution in [2.24, 2.45) is 57.7 Å². The summed E-state index contributed by atoms with van der Waals surface area (Å²) in [5.41, 5.74) is 0.812. The van der Waals surface area contributed by atoms with E-state index in [0.29, 0.717) is 23.2 Å². The van der Waals surface area contributed by atoms with Gasteiger partial charge in [-0.15, -0.1) is 23.2 Å². The average Bonchev–Trinajstić information content (AvgIpc) is 3.11. The number of hydrogen-bond acceptors (Lipinski definition) is 1. The Bertz CT molecular complexity index is 727. The van der Waals surface area contributed by atoms with Gasteiger partial charge in [-0.3, -0.25) is 0 Å². The summed E-state index contributed by atoms with van der Waals surface area (Å²) in [6.07, 6.45) is 16.6. The molecule has 4 fully saturated rings. The molecule has 0 radical (unpaired) electrons. The Morgan fingerprint density at radius 1 is 0.879 bits per heavy atom. The van der Waals surface area contributed by atoms with Crippen LogP contribution in [0.25, 0.3) is 0 Å². The third-order valence-corrected chi connectivity index (χ3v) is 12.9. The average molecular weight is 495 g/mol. The molecule has 0 bridgehead atoms. The fraction of sp³-hybridized carbons (Fsp3) is 0.967. The summed E-state index contributed by atoms with van der Waals surface area (Å²) in [7, 11) is 0. The van der Waals surface area contributed by atoms with E-state index >= 15 is 0 Å². The zero-order chi connectivity index (χ0) is 24.0. The van der Waals surface area contributed by atoms with Crippen LogP contribution in [0.4, 0.5) is 0 Å². The van der Waals surface area contributed by atoms with Crippen molar-refractivity contribution in [1.82, 2.24) is 0 Å². The largest absolute Gasteiger partial charge is 0.198 e. The molecule has 0 aromatic carbocycles. The molecule has 0 unspecified atom stereocenters. The van der Waals surface area contributed by atoms with Crippen LogP contribution >= 0.6 is 23.2 Å². The SMILES string of the molecule is CC(C)CCC[C@@H](C)[C@H]1CC[C@H]2[C@@H]3CC[C@H]4C[C@](CC#N)(C(Cl)Cl)CC[C@]4(C)[C@H]3CC[C@]12C. The van der Waals surface area contributed by atoms with Gasteiger partial charge in [0, 0.05) is 11.8 Å². The maximum atomic E-state index is 9.49. The Hall–Kier alpha value is 0.0700. The van der Waals surface area contributed by atoms with Gasteiger partial charge >= 0.3 is 0 Å². The smallest absolute Gasteiger partial charge is 0.114 e. The van der Waals surface area contributed by atoms with Gasteiger partial charge in [-0.2, -0.15) is 5.26 Å². The third-order valence-electron chi connectivity index (χ3n) is 12.0. The van der Waals surface area contributed by atoms with Gasteiger partial charge in [0.1, 0.15) is 4.84 Å². The van der Waals surface area contributed by atoms with Gasteiger partial charge in [-0.25, -0.2) is 0 Å². The standard InChI is InChI=1S/C30H49Cl2N/c1-20(2)7-6-8-21(3)24-11-12-25-23-10-9-22-19-30(17-18-33,27(31)32)16-15-28(22,4)26(23)13-14-29(24,25)5/h20-27H,6-17,19H2,1-5H3/t21-,22+,23+,24-,25+,26+,28+,29-,30+/m1/s1. The summed E-state index contributed by atoms with van der Waals surface area (Å²) >= 11 is 13.0. The zero-order valence-corrected chi connectivity index (χ0v) is 23.5. The lowest BCUT2D eigenvalue weighted by molar-refractivity contribution is -0.131. The van der Waals surface area contributed by atoms with Crippen LogP contribution in [0.3, 0.4) is 0 Å². The van der Waals surface area contributed by atoms with Crippen molar-refractivity contribution in [3.05, 3.63) is 0 Å². The highest BCUT2D eigenvalue weighted by atomic mass is 35.5. The minimum Gasteiger partial charge on any atom is -0.198 e. The zero-order valence-electron chi connectivity index (χ0n) is 22.0. The molecule has 0 spiro atoms. The van der Waals surface area contributed by atoms with E-state index in [4.69, 9.17) is 23.2 Å². The first-order valence-corrected chi connectivity index (χ1v) is 15.1. The monoisotopic (exact) mass is 493 g/mol. The highest BCUT2D eigenvalue weighted by Gasteiger charge is 2.62. The van der Waals surface area contributed by atoms with E-state index in [1.165, 1.54) is 64.2 Å². The fourth-order valence-electron chi connectivity index (χ4n) is 9.99. The molecule has 188 valence electrons. The third kappa shape index (κ3) is 4.52. The normalized spacial score (nSPS) is 45.9. The van der Waals surface area contributed by atoms with Crippen LogP contribution in [0.1, 0.15) is 118 Å². The first kappa shape index (κ1) is 26.1. The molecule has 3 heteroatoms. The molecule has 9 atom stereocenters. The number of fused-ring (bicyclic) bond motifs is 5. The Morgan fingerprint density at radius 3 is 2.27 bits per heavy atom. The summed E-state index contributed by atoms with van der Waals surface area (Å²) < 4.78 is 0. The molecule has 0 aliphatic heterocycles. The molecule has 1 nitrogen and oxygen atoms in total. The lowest BCUT2D eigenvalue weighted by atomic mass is 9.42. The first-order valence-electron chi connectivity index (χ1n) is 14.2. The Morgan fingerprint density at radius 2 is 1.61 bits per heavy atom. The van der Waals surface area contributed by atoms with Gasteiger partial charge < -0.3 is 0 Å². The van der Waals surface area contributed by atoms with Gasteiger partial charge in [0.25, 0.3) is 0 Å². The van der Waals surface area contributed by atoms with Crippen molar-refractivity contribution in [3.8, 4) is 6.07 Å². The lowest BCUT2D eigenvalue weighted by Gasteiger charge is -2.63. The van der Waals surface area contributed by atoms with Gasteiger partial charge in [-0.1, -0.05) is 53.9 Å². The van der Waals surface area contributed by atoms with Crippen LogP contribution in [-0.4, -0.2) is 4.84 Å². The van der Waals surface area contributed by atoms with Crippen LogP contribution < -0.4 is 0 Å². The van der Waals surface area contributed by atoms with Crippen molar-refractivity contribution in [2.75, 3.05) is 0 Å². The van der Waals surface area contributed by atoms with E-state index in [-0.39, 0.29) is 5.41 Å². The number of halogens is 2. The highest BCUT2D eigenvalue weighted by molar-refractivity contribution is 6.44. The molecular weight excluding hydrogens is 445 g/mol. The topological polar surface area (TPSA) is 23.8 Å². The summed E-state index contributed by atoms with van der Waals surface area (Å²) in [5.74, 6) is 6.07. The molecule has 4 aliphatic rings. The van der Waals surface area contributed by atoms with Gasteiger partial charge in [0.15, 0.2) is 0 Å². The molecule has 0 N–H and O–H groups in total. The highest BCUT2D eigenvalue weighted by Crippen LogP contribution is 2.70. The van der Waals surface area contributed by atoms with Crippen molar-refractivity contribution in [3.63, 3.8) is 0 Å². The molecule has 4 saturated carbocycles. The van der Waals surface area contributed by atoms with Gasteiger partial charge in [-0.05, 0) is 110 Å². The molecule has 4 aliphatic carbocycles. The van der Waals surface area contributed by atoms with Crippen LogP contribution in [0.5, 0.6) is 0 Å². The molecular formula is C30H49Cl2N. The van der Waals surface area contributed by atoms with E-state index in [1.54, 1.807) is 0 Å². The van der Waals surface area contributed by atoms with E-state index in [0.717, 1.165) is 48.3 Å². The Balaban J connectivity index is 1.47. The van der Waals surface area contributed by atoms with Crippen molar-refractivity contribution in [1.29, 1.82) is 5.26 Å². The van der Waals surface area contributed by atoms with E-state index in [2.05, 4.69) is 40.7 Å². The maximum absolute atomic E-state index is 9.49. The molecule has 0 aromatic heterocycles. The van der Waals surface area contributed by atoms with Crippen molar-refractivity contribution in [2.45, 2.75) is 123 Å². The summed E-state index contributed by atoms with van der Waals surface area (Å²) in [6, 6.07) is 2.43. The Labute approximate surface area is 214 Å². The Kier molecular flexibility index (Phi) is 7.80. The number of hydrogen-bond donors (Lipinski definition) is 0. The van der Waals surface area contributed by atoms with Crippen LogP contribution in [0, 0.1) is 69.0 Å². The van der Waals surface area contributed by atoms with E-state index < -0.39 is 4.84 Å². The molecule has 0 aromatic rings. The first-order chi connectivity index (χ1) is 15.6. The molecule has 0 amide bonds. The number of rotatable bonds is 7. The minimum atomic E-state index is -0.415. The van der Waals surface area contributed by atoms with Crippen LogP contribution in [0.2, 0.25) is 0 Å². The number of nitriles is 1. The predicted molar refractivity (Wildman–Crippen MR) is 141 cm³/mol. The molecule has 0 heterocycles. The quantitative estimate of drug-likeness (QED) is 0.323. The van der Waals surface area contributed by atoms with Crippen molar-refractivity contribution >= 4 is 23.2 Å². The molecule has 33 heavy (non-hydrogen) atoms. The van der Waals surface area contributed by atoms with Crippen LogP contribution in [0.15, 0.2) is 0 Å². The van der Waals surface area contributed by atoms with Crippen molar-refractivity contribution < 1.29 is 0 Å². The summed E-state index contributed by atoms with van der Waals surface area (Å²) in [6.45, 7) is 12.6. The second-order valence-corrected chi connectivity index (χ2v) is 15.0. The molecule has 4 rings (SSSR count).